The third kappa shape index (κ3) is 5.09. The molecule has 4 rings (SSSR count). The highest BCUT2D eigenvalue weighted by Gasteiger charge is 2.10. The van der Waals surface area contributed by atoms with Crippen LogP contribution >= 0.6 is 0 Å². The first-order chi connectivity index (χ1) is 16.5. The molecule has 9 heteroatoms. The van der Waals surface area contributed by atoms with Crippen LogP contribution in [0.1, 0.15) is 11.3 Å². The number of rotatable bonds is 7. The standard InChI is InChI=1S/C25H24N4O5/c1-16-7-8-17(27-25(31)28-18-9-10-20(32-2)22(13-18)33-3)12-21(16)34-15-19-14-24(30)29-11-5-4-6-23(29)26-19/h4-14H,15H2,1-3H3,(H2,27,28,31). The molecule has 0 aliphatic carbocycles. The lowest BCUT2D eigenvalue weighted by molar-refractivity contribution is 0.262. The summed E-state index contributed by atoms with van der Waals surface area (Å²) in [6, 6.07) is 16.8. The molecule has 0 atom stereocenters. The van der Waals surface area contributed by atoms with Gasteiger partial charge in [0.2, 0.25) is 0 Å². The fraction of sp³-hybridized carbons (Fsp3) is 0.160. The molecule has 0 saturated carbocycles. The van der Waals surface area contributed by atoms with E-state index in [9.17, 15) is 9.59 Å². The third-order valence-electron chi connectivity index (χ3n) is 5.09. The minimum absolute atomic E-state index is 0.114. The van der Waals surface area contributed by atoms with Crippen molar-refractivity contribution in [3.05, 3.63) is 88.5 Å². The predicted molar refractivity (Wildman–Crippen MR) is 129 cm³/mol. The molecule has 0 aliphatic heterocycles. The van der Waals surface area contributed by atoms with Crippen LogP contribution in [0.25, 0.3) is 5.65 Å². The molecule has 9 nitrogen and oxygen atoms in total. The van der Waals surface area contributed by atoms with Crippen LogP contribution in [-0.2, 0) is 6.61 Å². The average molecular weight is 460 g/mol. The third-order valence-corrected chi connectivity index (χ3v) is 5.09. The summed E-state index contributed by atoms with van der Waals surface area (Å²) in [6.45, 7) is 2.01. The van der Waals surface area contributed by atoms with Crippen molar-refractivity contribution in [2.45, 2.75) is 13.5 Å². The van der Waals surface area contributed by atoms with Crippen LogP contribution in [0.5, 0.6) is 17.2 Å². The summed E-state index contributed by atoms with van der Waals surface area (Å²) in [7, 11) is 3.07. The molecule has 0 spiro atoms. The van der Waals surface area contributed by atoms with Crippen molar-refractivity contribution in [1.82, 2.24) is 9.38 Å². The van der Waals surface area contributed by atoms with Gasteiger partial charge in [-0.05, 0) is 42.8 Å². The molecule has 2 heterocycles. The molecule has 2 aromatic heterocycles. The van der Waals surface area contributed by atoms with Gasteiger partial charge in [0.25, 0.3) is 5.56 Å². The number of carbonyl (C=O) groups is 1. The van der Waals surface area contributed by atoms with Crippen LogP contribution in [0.3, 0.4) is 0 Å². The number of benzene rings is 2. The fourth-order valence-corrected chi connectivity index (χ4v) is 3.37. The molecule has 0 radical (unpaired) electrons. The van der Waals surface area contributed by atoms with E-state index in [0.29, 0.717) is 40.0 Å². The summed E-state index contributed by atoms with van der Waals surface area (Å²) >= 11 is 0. The summed E-state index contributed by atoms with van der Waals surface area (Å²) in [4.78, 5) is 29.2. The minimum Gasteiger partial charge on any atom is -0.493 e. The van der Waals surface area contributed by atoms with Crippen molar-refractivity contribution in [1.29, 1.82) is 0 Å². The largest absolute Gasteiger partial charge is 0.493 e. The van der Waals surface area contributed by atoms with Crippen molar-refractivity contribution >= 4 is 23.1 Å². The Morgan fingerprint density at radius 1 is 0.912 bits per heavy atom. The lowest BCUT2D eigenvalue weighted by Crippen LogP contribution is -2.19. The first kappa shape index (κ1) is 22.7. The van der Waals surface area contributed by atoms with E-state index < -0.39 is 6.03 Å². The second-order valence-electron chi connectivity index (χ2n) is 7.43. The average Bonchev–Trinajstić information content (AvgIpc) is 2.84. The molecular formula is C25H24N4O5. The number of ether oxygens (including phenoxy) is 3. The van der Waals surface area contributed by atoms with Crippen molar-refractivity contribution in [2.24, 2.45) is 0 Å². The smallest absolute Gasteiger partial charge is 0.323 e. The molecule has 0 saturated heterocycles. The summed E-state index contributed by atoms with van der Waals surface area (Å²) in [6.07, 6.45) is 1.67. The number of hydrogen-bond acceptors (Lipinski definition) is 6. The van der Waals surface area contributed by atoms with E-state index in [2.05, 4.69) is 15.6 Å². The van der Waals surface area contributed by atoms with Crippen LogP contribution in [0.4, 0.5) is 16.2 Å². The van der Waals surface area contributed by atoms with Gasteiger partial charge in [-0.3, -0.25) is 9.20 Å². The number of anilines is 2. The Morgan fingerprint density at radius 3 is 2.35 bits per heavy atom. The maximum Gasteiger partial charge on any atom is 0.323 e. The summed E-state index contributed by atoms with van der Waals surface area (Å²) < 4.78 is 17.8. The van der Waals surface area contributed by atoms with Gasteiger partial charge in [0, 0.05) is 35.8 Å². The maximum absolute atomic E-state index is 12.5. The van der Waals surface area contributed by atoms with Gasteiger partial charge in [0.05, 0.1) is 19.9 Å². The maximum atomic E-state index is 12.5. The SMILES string of the molecule is COc1ccc(NC(=O)Nc2ccc(C)c(OCc3cc(=O)n4ccccc4n3)c2)cc1OC. The molecular weight excluding hydrogens is 436 g/mol. The van der Waals surface area contributed by atoms with Crippen LogP contribution in [0.15, 0.2) is 71.7 Å². The van der Waals surface area contributed by atoms with Crippen molar-refractivity contribution in [2.75, 3.05) is 24.9 Å². The van der Waals surface area contributed by atoms with Crippen molar-refractivity contribution in [3.63, 3.8) is 0 Å². The quantitative estimate of drug-likeness (QED) is 0.428. The van der Waals surface area contributed by atoms with Crippen LogP contribution in [0.2, 0.25) is 0 Å². The number of carbonyl (C=O) groups excluding carboxylic acids is 1. The Bertz CT molecular complexity index is 1400. The highest BCUT2D eigenvalue weighted by molar-refractivity contribution is 6.00. The van der Waals surface area contributed by atoms with Gasteiger partial charge in [-0.25, -0.2) is 9.78 Å². The van der Waals surface area contributed by atoms with E-state index in [1.54, 1.807) is 55.8 Å². The van der Waals surface area contributed by atoms with Crippen molar-refractivity contribution < 1.29 is 19.0 Å². The highest BCUT2D eigenvalue weighted by atomic mass is 16.5. The van der Waals surface area contributed by atoms with Gasteiger partial charge in [-0.15, -0.1) is 0 Å². The minimum atomic E-state index is -0.425. The van der Waals surface area contributed by atoms with E-state index in [4.69, 9.17) is 14.2 Å². The molecule has 2 N–H and O–H groups in total. The normalized spacial score (nSPS) is 10.6. The van der Waals surface area contributed by atoms with Crippen LogP contribution < -0.4 is 30.4 Å². The lowest BCUT2D eigenvalue weighted by atomic mass is 10.2. The number of urea groups is 1. The van der Waals surface area contributed by atoms with E-state index in [1.807, 2.05) is 19.1 Å². The number of aromatic nitrogens is 2. The zero-order valence-corrected chi connectivity index (χ0v) is 19.0. The molecule has 2 aromatic carbocycles. The van der Waals surface area contributed by atoms with E-state index in [-0.39, 0.29) is 12.2 Å². The van der Waals surface area contributed by atoms with Gasteiger partial charge in [0.1, 0.15) is 18.0 Å². The molecule has 0 unspecified atom stereocenters. The molecule has 0 fully saturated rings. The van der Waals surface area contributed by atoms with E-state index >= 15 is 0 Å². The Kier molecular flexibility index (Phi) is 6.63. The highest BCUT2D eigenvalue weighted by Crippen LogP contribution is 2.30. The predicted octanol–water partition coefficient (Wildman–Crippen LogP) is 4.24. The zero-order valence-electron chi connectivity index (χ0n) is 19.0. The Balaban J connectivity index is 1.44. The fourth-order valence-electron chi connectivity index (χ4n) is 3.37. The lowest BCUT2D eigenvalue weighted by Gasteiger charge is -2.13. The number of nitrogens with zero attached hydrogens (tertiary/aromatic N) is 2. The first-order valence-electron chi connectivity index (χ1n) is 10.5. The van der Waals surface area contributed by atoms with E-state index in [1.165, 1.54) is 17.6 Å². The number of amides is 2. The number of pyridine rings is 1. The molecule has 0 aliphatic rings. The van der Waals surface area contributed by atoms with Gasteiger partial charge < -0.3 is 24.8 Å². The summed E-state index contributed by atoms with van der Waals surface area (Å²) in [5.41, 5.74) is 2.86. The zero-order chi connectivity index (χ0) is 24.1. The van der Waals surface area contributed by atoms with Gasteiger partial charge in [-0.2, -0.15) is 0 Å². The summed E-state index contributed by atoms with van der Waals surface area (Å²) in [5, 5.41) is 5.54. The summed E-state index contributed by atoms with van der Waals surface area (Å²) in [5.74, 6) is 1.64. The Hall–Kier alpha value is -4.53. The molecule has 4 aromatic rings. The van der Waals surface area contributed by atoms with Crippen LogP contribution in [0, 0.1) is 6.92 Å². The number of hydrogen-bond donors (Lipinski definition) is 2. The van der Waals surface area contributed by atoms with Gasteiger partial charge in [0.15, 0.2) is 11.5 Å². The number of nitrogens with one attached hydrogen (secondary N) is 2. The van der Waals surface area contributed by atoms with Crippen molar-refractivity contribution in [3.8, 4) is 17.2 Å². The second-order valence-corrected chi connectivity index (χ2v) is 7.43. The number of aryl methyl sites for hydroxylation is 1. The Labute approximate surface area is 195 Å². The topological polar surface area (TPSA) is 103 Å². The van der Waals surface area contributed by atoms with Gasteiger partial charge in [-0.1, -0.05) is 12.1 Å². The second kappa shape index (κ2) is 9.95. The molecule has 0 bridgehead atoms. The molecule has 2 amide bonds. The molecule has 174 valence electrons. The van der Waals surface area contributed by atoms with E-state index in [0.717, 1.165) is 5.56 Å². The molecule has 34 heavy (non-hydrogen) atoms. The Morgan fingerprint density at radius 2 is 1.62 bits per heavy atom. The van der Waals surface area contributed by atoms with Gasteiger partial charge >= 0.3 is 6.03 Å². The monoisotopic (exact) mass is 460 g/mol. The number of methoxy groups -OCH3 is 2. The van der Waals surface area contributed by atoms with Crippen LogP contribution in [-0.4, -0.2) is 29.6 Å². The first-order valence-corrected chi connectivity index (χ1v) is 10.5. The number of fused-ring (bicyclic) bond motifs is 1.